The van der Waals surface area contributed by atoms with Crippen molar-refractivity contribution < 1.29 is 39.5 Å². The molecule has 0 saturated carbocycles. The summed E-state index contributed by atoms with van der Waals surface area (Å²) in [4.78, 5) is 6.46. The van der Waals surface area contributed by atoms with Crippen LogP contribution in [0, 0.1) is 6.92 Å². The lowest BCUT2D eigenvalue weighted by Crippen LogP contribution is -2.43. The molecule has 34 heavy (non-hydrogen) atoms. The Balaban J connectivity index is 1.89. The van der Waals surface area contributed by atoms with Crippen molar-refractivity contribution in [1.82, 2.24) is 4.98 Å². The van der Waals surface area contributed by atoms with E-state index >= 15 is 0 Å². The van der Waals surface area contributed by atoms with Gasteiger partial charge < -0.3 is 0 Å². The number of benzene rings is 2. The van der Waals surface area contributed by atoms with Gasteiger partial charge in [-0.2, -0.15) is 39.5 Å². The molecule has 4 rings (SSSR count). The molecule has 1 aliphatic heterocycles. The molecule has 2 nitrogen and oxygen atoms in total. The van der Waals surface area contributed by atoms with Crippen LogP contribution in [0.2, 0.25) is 0 Å². The van der Waals surface area contributed by atoms with Gasteiger partial charge in [0.05, 0.1) is 6.04 Å². The van der Waals surface area contributed by atoms with Gasteiger partial charge in [-0.3, -0.25) is 4.99 Å². The van der Waals surface area contributed by atoms with Crippen molar-refractivity contribution in [3.05, 3.63) is 76.6 Å². The monoisotopic (exact) mass is 490 g/mol. The maximum absolute atomic E-state index is 14.4. The molecular formula is C23H15F9N2. The van der Waals surface area contributed by atoms with Gasteiger partial charge in [-0.05, 0) is 52.9 Å². The largest absolute Gasteiger partial charge is 0.433 e. The van der Waals surface area contributed by atoms with Crippen LogP contribution in [0.1, 0.15) is 40.5 Å². The van der Waals surface area contributed by atoms with Crippen molar-refractivity contribution in [2.45, 2.75) is 43.3 Å². The van der Waals surface area contributed by atoms with Crippen LogP contribution >= 0.6 is 0 Å². The van der Waals surface area contributed by atoms with E-state index in [9.17, 15) is 39.5 Å². The van der Waals surface area contributed by atoms with Crippen LogP contribution in [0.5, 0.6) is 0 Å². The van der Waals surface area contributed by atoms with E-state index in [0.29, 0.717) is 17.2 Å². The summed E-state index contributed by atoms with van der Waals surface area (Å²) < 4.78 is 123. The molecule has 2 unspecified atom stereocenters. The summed E-state index contributed by atoms with van der Waals surface area (Å²) in [6, 6.07) is 9.01. The highest BCUT2D eigenvalue weighted by Crippen LogP contribution is 2.52. The minimum Gasteiger partial charge on any atom is -0.288 e. The fourth-order valence-electron chi connectivity index (χ4n) is 4.21. The van der Waals surface area contributed by atoms with Crippen LogP contribution in [0.25, 0.3) is 10.8 Å². The standard InChI is InChI=1S/C23H15F9N2/c1-12-6-7-16(15-5-3-2-4-14(12)15)17-10-20(11-33-17,23(30,31)32)13-8-18(21(24,25)26)34-19(9-13)22(27,28)29/h2-9,11,17H,10H2,1H3. The number of rotatable bonds is 2. The van der Waals surface area contributed by atoms with Crippen LogP contribution in [-0.4, -0.2) is 17.4 Å². The number of aromatic nitrogens is 1. The third-order valence-electron chi connectivity index (χ3n) is 5.95. The smallest absolute Gasteiger partial charge is 0.288 e. The lowest BCUT2D eigenvalue weighted by molar-refractivity contribution is -0.170. The predicted octanol–water partition coefficient (Wildman–Crippen LogP) is 7.60. The Kier molecular flexibility index (Phi) is 5.45. The lowest BCUT2D eigenvalue weighted by atomic mass is 9.76. The van der Waals surface area contributed by atoms with Crippen molar-refractivity contribution in [2.75, 3.05) is 0 Å². The Morgan fingerprint density at radius 1 is 0.794 bits per heavy atom. The molecule has 11 heteroatoms. The summed E-state index contributed by atoms with van der Waals surface area (Å²) in [5.41, 5.74) is -7.24. The van der Waals surface area contributed by atoms with Gasteiger partial charge in [-0.1, -0.05) is 36.4 Å². The maximum Gasteiger partial charge on any atom is 0.433 e. The average Bonchev–Trinajstić information content (AvgIpc) is 3.19. The zero-order valence-corrected chi connectivity index (χ0v) is 17.3. The Morgan fingerprint density at radius 2 is 1.35 bits per heavy atom. The summed E-state index contributed by atoms with van der Waals surface area (Å²) in [5, 5.41) is 1.35. The molecule has 2 aromatic carbocycles. The highest BCUT2D eigenvalue weighted by Gasteiger charge is 2.59. The van der Waals surface area contributed by atoms with Crippen LogP contribution in [0.15, 0.2) is 53.5 Å². The number of alkyl halides is 9. The number of hydrogen-bond donors (Lipinski definition) is 0. The summed E-state index contributed by atoms with van der Waals surface area (Å²) >= 11 is 0. The number of pyridine rings is 1. The van der Waals surface area contributed by atoms with Gasteiger partial charge >= 0.3 is 18.5 Å². The van der Waals surface area contributed by atoms with Gasteiger partial charge in [0.1, 0.15) is 16.8 Å². The zero-order chi connectivity index (χ0) is 25.1. The predicted molar refractivity (Wildman–Crippen MR) is 107 cm³/mol. The molecule has 0 spiro atoms. The average molecular weight is 490 g/mol. The van der Waals surface area contributed by atoms with E-state index in [-0.39, 0.29) is 12.1 Å². The molecule has 2 atom stereocenters. The summed E-state index contributed by atoms with van der Waals surface area (Å²) in [6.45, 7) is 1.80. The van der Waals surface area contributed by atoms with Crippen LogP contribution < -0.4 is 0 Å². The van der Waals surface area contributed by atoms with E-state index in [4.69, 9.17) is 0 Å². The number of aryl methyl sites for hydroxylation is 1. The number of aliphatic imine (C=N–C) groups is 1. The van der Waals surface area contributed by atoms with E-state index in [2.05, 4.69) is 9.98 Å². The van der Waals surface area contributed by atoms with Gasteiger partial charge in [-0.15, -0.1) is 0 Å². The van der Waals surface area contributed by atoms with Gasteiger partial charge in [0, 0.05) is 6.21 Å². The highest BCUT2D eigenvalue weighted by atomic mass is 19.4. The van der Waals surface area contributed by atoms with Crippen LogP contribution in [0.3, 0.4) is 0 Å². The van der Waals surface area contributed by atoms with E-state index in [1.807, 2.05) is 0 Å². The number of nitrogens with zero attached hydrogens (tertiary/aromatic N) is 2. The molecule has 0 N–H and O–H groups in total. The molecule has 0 fully saturated rings. The topological polar surface area (TPSA) is 25.2 Å². The van der Waals surface area contributed by atoms with Crippen molar-refractivity contribution in [3.8, 4) is 0 Å². The first-order valence-electron chi connectivity index (χ1n) is 9.90. The van der Waals surface area contributed by atoms with Crippen molar-refractivity contribution in [1.29, 1.82) is 0 Å². The Bertz CT molecular complexity index is 1240. The van der Waals surface area contributed by atoms with Crippen molar-refractivity contribution in [2.24, 2.45) is 4.99 Å². The fourth-order valence-corrected chi connectivity index (χ4v) is 4.21. The Morgan fingerprint density at radius 3 is 1.88 bits per heavy atom. The van der Waals surface area contributed by atoms with E-state index in [0.717, 1.165) is 10.9 Å². The highest BCUT2D eigenvalue weighted by molar-refractivity contribution is 5.90. The maximum atomic E-state index is 14.4. The molecule has 0 radical (unpaired) electrons. The normalized spacial score (nSPS) is 21.4. The van der Waals surface area contributed by atoms with Gasteiger partial charge in [0.15, 0.2) is 0 Å². The minimum atomic E-state index is -5.38. The first-order chi connectivity index (χ1) is 15.6. The number of hydrogen-bond acceptors (Lipinski definition) is 2. The third-order valence-corrected chi connectivity index (χ3v) is 5.95. The van der Waals surface area contributed by atoms with Gasteiger partial charge in [-0.25, -0.2) is 4.98 Å². The quantitative estimate of drug-likeness (QED) is 0.340. The van der Waals surface area contributed by atoms with E-state index in [1.165, 1.54) is 0 Å². The zero-order valence-electron chi connectivity index (χ0n) is 17.3. The van der Waals surface area contributed by atoms with Gasteiger partial charge in [0.2, 0.25) is 0 Å². The SMILES string of the molecule is Cc1ccc(C2CC(c3cc(C(F)(F)F)nc(C(F)(F)F)c3)(C(F)(F)F)C=N2)c2ccccc12. The van der Waals surface area contributed by atoms with Crippen molar-refractivity contribution in [3.63, 3.8) is 0 Å². The molecule has 0 amide bonds. The van der Waals surface area contributed by atoms with Gasteiger partial charge in [0.25, 0.3) is 0 Å². The van der Waals surface area contributed by atoms with Crippen LogP contribution in [0.4, 0.5) is 39.5 Å². The van der Waals surface area contributed by atoms with E-state index < -0.39 is 53.4 Å². The molecule has 0 aliphatic carbocycles. The number of fused-ring (bicyclic) bond motifs is 1. The second kappa shape index (κ2) is 7.71. The third kappa shape index (κ3) is 4.01. The summed E-state index contributed by atoms with van der Waals surface area (Å²) in [7, 11) is 0. The Hall–Kier alpha value is -3.11. The molecule has 2 heterocycles. The van der Waals surface area contributed by atoms with Crippen molar-refractivity contribution >= 4 is 17.0 Å². The minimum absolute atomic E-state index is 0.0182. The summed E-state index contributed by atoms with van der Waals surface area (Å²) in [6.07, 6.45) is -16.5. The molecule has 3 aromatic rings. The first-order valence-corrected chi connectivity index (χ1v) is 9.90. The molecule has 180 valence electrons. The number of halogens is 9. The molecule has 0 bridgehead atoms. The lowest BCUT2D eigenvalue weighted by Gasteiger charge is -2.31. The molecule has 1 aliphatic rings. The Labute approximate surface area is 187 Å². The van der Waals surface area contributed by atoms with Crippen LogP contribution in [-0.2, 0) is 17.8 Å². The first kappa shape index (κ1) is 24.0. The fraction of sp³-hybridized carbons (Fsp3) is 0.304. The molecule has 0 saturated heterocycles. The summed E-state index contributed by atoms with van der Waals surface area (Å²) in [5.74, 6) is 0. The molecule has 1 aromatic heterocycles. The molecular weight excluding hydrogens is 475 g/mol. The van der Waals surface area contributed by atoms with E-state index in [1.54, 1.807) is 43.3 Å². The second-order valence-electron chi connectivity index (χ2n) is 8.11. The second-order valence-corrected chi connectivity index (χ2v) is 8.11.